The zero-order valence-electron chi connectivity index (χ0n) is 15.2. The maximum atomic E-state index is 12.4. The molecule has 0 saturated carbocycles. The molecule has 0 heterocycles. The number of hydrogen-bond acceptors (Lipinski definition) is 5. The molecule has 2 aromatic carbocycles. The summed E-state index contributed by atoms with van der Waals surface area (Å²) < 4.78 is 5.19. The third-order valence-corrected chi connectivity index (χ3v) is 3.99. The van der Waals surface area contributed by atoms with Crippen LogP contribution >= 0.6 is 0 Å². The van der Waals surface area contributed by atoms with Crippen LogP contribution in [0.4, 0.5) is 0 Å². The van der Waals surface area contributed by atoms with E-state index in [4.69, 9.17) is 10.00 Å². The highest BCUT2D eigenvalue weighted by atomic mass is 16.5. The Balaban J connectivity index is 2.00. The lowest BCUT2D eigenvalue weighted by Crippen LogP contribution is -2.37. The molecule has 6 heteroatoms. The van der Waals surface area contributed by atoms with Gasteiger partial charge in [0, 0.05) is 24.7 Å². The molecule has 1 amide bonds. The summed E-state index contributed by atoms with van der Waals surface area (Å²) in [4.78, 5) is 38.0. The summed E-state index contributed by atoms with van der Waals surface area (Å²) in [5.41, 5.74) is 1.27. The van der Waals surface area contributed by atoms with E-state index < -0.39 is 12.1 Å². The smallest absolute Gasteiger partial charge is 0.338 e. The Labute approximate surface area is 158 Å². The summed E-state index contributed by atoms with van der Waals surface area (Å²) >= 11 is 0. The number of carbonyl (C=O) groups is 3. The highest BCUT2D eigenvalue weighted by molar-refractivity contribution is 6.09. The third-order valence-electron chi connectivity index (χ3n) is 3.99. The first-order valence-electron chi connectivity index (χ1n) is 8.46. The quantitative estimate of drug-likeness (QED) is 0.557. The number of carbonyl (C=O) groups excluding carboxylic acids is 3. The van der Waals surface area contributed by atoms with Crippen molar-refractivity contribution >= 4 is 17.7 Å². The van der Waals surface area contributed by atoms with E-state index in [9.17, 15) is 14.4 Å². The van der Waals surface area contributed by atoms with Crippen molar-refractivity contribution in [3.8, 4) is 6.07 Å². The molecule has 0 radical (unpaired) electrons. The van der Waals surface area contributed by atoms with Crippen LogP contribution in [0.15, 0.2) is 54.6 Å². The maximum absolute atomic E-state index is 12.4. The number of nitrogens with zero attached hydrogens (tertiary/aromatic N) is 2. The van der Waals surface area contributed by atoms with E-state index >= 15 is 0 Å². The molecule has 1 atom stereocenters. The van der Waals surface area contributed by atoms with E-state index in [1.54, 1.807) is 43.4 Å². The fourth-order valence-corrected chi connectivity index (χ4v) is 2.43. The second kappa shape index (κ2) is 9.30. The Kier molecular flexibility index (Phi) is 6.84. The monoisotopic (exact) mass is 364 g/mol. The molecule has 0 aliphatic carbocycles. The standard InChI is InChI=1S/C21H20N2O4/c1-15(20(25)23(2)14-6-13-22)27-21(26)18-11-9-17(10-12-18)19(24)16-7-4-3-5-8-16/h3-5,7-12,15H,6,14H2,1-2H3/t15-/m1/s1. The number of likely N-dealkylation sites (N-methyl/N-ethyl adjacent to an activating group) is 1. The first-order chi connectivity index (χ1) is 12.9. The van der Waals surface area contributed by atoms with Gasteiger partial charge in [-0.15, -0.1) is 0 Å². The van der Waals surface area contributed by atoms with Gasteiger partial charge in [0.15, 0.2) is 11.9 Å². The van der Waals surface area contributed by atoms with Gasteiger partial charge in [-0.1, -0.05) is 42.5 Å². The average molecular weight is 364 g/mol. The second-order valence-electron chi connectivity index (χ2n) is 5.99. The number of nitriles is 1. The van der Waals surface area contributed by atoms with Gasteiger partial charge in [-0.2, -0.15) is 5.26 Å². The molecule has 6 nitrogen and oxygen atoms in total. The van der Waals surface area contributed by atoms with Gasteiger partial charge in [-0.25, -0.2) is 4.79 Å². The van der Waals surface area contributed by atoms with Crippen LogP contribution in [-0.2, 0) is 9.53 Å². The van der Waals surface area contributed by atoms with Crippen molar-refractivity contribution in [1.82, 2.24) is 4.90 Å². The van der Waals surface area contributed by atoms with Gasteiger partial charge in [0.05, 0.1) is 18.1 Å². The van der Waals surface area contributed by atoms with Crippen LogP contribution in [0, 0.1) is 11.3 Å². The summed E-state index contributed by atoms with van der Waals surface area (Å²) in [6.07, 6.45) is -0.758. The summed E-state index contributed by atoms with van der Waals surface area (Å²) in [6.45, 7) is 1.75. The van der Waals surface area contributed by atoms with Crippen molar-refractivity contribution in [3.05, 3.63) is 71.3 Å². The fourth-order valence-electron chi connectivity index (χ4n) is 2.43. The summed E-state index contributed by atoms with van der Waals surface area (Å²) in [6, 6.07) is 16.9. The van der Waals surface area contributed by atoms with Crippen LogP contribution in [0.5, 0.6) is 0 Å². The third kappa shape index (κ3) is 5.25. The molecular weight excluding hydrogens is 344 g/mol. The van der Waals surface area contributed by atoms with Crippen molar-refractivity contribution in [2.45, 2.75) is 19.4 Å². The van der Waals surface area contributed by atoms with Crippen LogP contribution in [0.2, 0.25) is 0 Å². The SMILES string of the molecule is C[C@@H](OC(=O)c1ccc(C(=O)c2ccccc2)cc1)C(=O)N(C)CCC#N. The van der Waals surface area contributed by atoms with Crippen molar-refractivity contribution in [1.29, 1.82) is 5.26 Å². The molecular formula is C21H20N2O4. The van der Waals surface area contributed by atoms with E-state index in [1.807, 2.05) is 12.1 Å². The average Bonchev–Trinajstić information content (AvgIpc) is 2.71. The summed E-state index contributed by atoms with van der Waals surface area (Å²) in [5, 5.41) is 8.57. The van der Waals surface area contributed by atoms with E-state index in [-0.39, 0.29) is 30.2 Å². The molecule has 0 aromatic heterocycles. The molecule has 0 spiro atoms. The van der Waals surface area contributed by atoms with Crippen molar-refractivity contribution < 1.29 is 19.1 Å². The highest BCUT2D eigenvalue weighted by Gasteiger charge is 2.22. The van der Waals surface area contributed by atoms with Gasteiger partial charge in [0.1, 0.15) is 0 Å². The zero-order valence-corrected chi connectivity index (χ0v) is 15.2. The Morgan fingerprint density at radius 1 is 1.00 bits per heavy atom. The fraction of sp³-hybridized carbons (Fsp3) is 0.238. The lowest BCUT2D eigenvalue weighted by atomic mass is 10.0. The normalized spacial score (nSPS) is 11.1. The minimum atomic E-state index is -0.966. The van der Waals surface area contributed by atoms with Gasteiger partial charge in [0.25, 0.3) is 5.91 Å². The molecule has 0 aliphatic rings. The predicted molar refractivity (Wildman–Crippen MR) is 99.1 cm³/mol. The van der Waals surface area contributed by atoms with Gasteiger partial charge in [-0.05, 0) is 19.1 Å². The van der Waals surface area contributed by atoms with Crippen LogP contribution in [0.1, 0.15) is 39.6 Å². The number of ether oxygens (including phenoxy) is 1. The number of ketones is 1. The lowest BCUT2D eigenvalue weighted by molar-refractivity contribution is -0.138. The Hall–Kier alpha value is -3.46. The van der Waals surface area contributed by atoms with Crippen LogP contribution in [0.3, 0.4) is 0 Å². The minimum absolute atomic E-state index is 0.141. The predicted octanol–water partition coefficient (Wildman–Crippen LogP) is 2.83. The van der Waals surface area contributed by atoms with Crippen LogP contribution < -0.4 is 0 Å². The Morgan fingerprint density at radius 2 is 1.56 bits per heavy atom. The Morgan fingerprint density at radius 3 is 2.15 bits per heavy atom. The van der Waals surface area contributed by atoms with E-state index in [0.717, 1.165) is 0 Å². The largest absolute Gasteiger partial charge is 0.449 e. The number of benzene rings is 2. The number of esters is 1. The molecule has 2 aromatic rings. The highest BCUT2D eigenvalue weighted by Crippen LogP contribution is 2.13. The van der Waals surface area contributed by atoms with Gasteiger partial charge < -0.3 is 9.64 Å². The van der Waals surface area contributed by atoms with E-state index in [0.29, 0.717) is 11.1 Å². The summed E-state index contributed by atoms with van der Waals surface area (Å²) in [5.74, 6) is -1.17. The molecule has 138 valence electrons. The van der Waals surface area contributed by atoms with Crippen molar-refractivity contribution in [2.75, 3.05) is 13.6 Å². The molecule has 0 fully saturated rings. The zero-order chi connectivity index (χ0) is 19.8. The number of rotatable bonds is 7. The topological polar surface area (TPSA) is 87.5 Å². The van der Waals surface area contributed by atoms with Crippen LogP contribution in [0.25, 0.3) is 0 Å². The molecule has 0 aliphatic heterocycles. The van der Waals surface area contributed by atoms with Gasteiger partial charge in [0.2, 0.25) is 0 Å². The van der Waals surface area contributed by atoms with Crippen molar-refractivity contribution in [3.63, 3.8) is 0 Å². The lowest BCUT2D eigenvalue weighted by Gasteiger charge is -2.20. The minimum Gasteiger partial charge on any atom is -0.449 e. The first-order valence-corrected chi connectivity index (χ1v) is 8.46. The molecule has 0 N–H and O–H groups in total. The van der Waals surface area contributed by atoms with Crippen molar-refractivity contribution in [2.24, 2.45) is 0 Å². The Bertz CT molecular complexity index is 854. The first kappa shape index (κ1) is 19.9. The molecule has 0 saturated heterocycles. The molecule has 0 unspecified atom stereocenters. The van der Waals surface area contributed by atoms with Gasteiger partial charge in [-0.3, -0.25) is 9.59 Å². The molecule has 2 rings (SSSR count). The van der Waals surface area contributed by atoms with Crippen LogP contribution in [-0.4, -0.2) is 42.3 Å². The molecule has 0 bridgehead atoms. The molecule has 27 heavy (non-hydrogen) atoms. The van der Waals surface area contributed by atoms with Gasteiger partial charge >= 0.3 is 5.97 Å². The van der Waals surface area contributed by atoms with E-state index in [2.05, 4.69) is 0 Å². The summed E-state index contributed by atoms with van der Waals surface area (Å²) in [7, 11) is 1.55. The second-order valence-corrected chi connectivity index (χ2v) is 5.99. The number of amides is 1. The maximum Gasteiger partial charge on any atom is 0.338 e. The van der Waals surface area contributed by atoms with E-state index in [1.165, 1.54) is 24.0 Å². The number of hydrogen-bond donors (Lipinski definition) is 0.